The Hall–Kier alpha value is -2.40. The molecule has 0 radical (unpaired) electrons. The molecule has 0 aromatic heterocycles. The highest BCUT2D eigenvalue weighted by molar-refractivity contribution is 6.30. The molecule has 1 aliphatic carbocycles. The van der Waals surface area contributed by atoms with E-state index < -0.39 is 5.41 Å². The lowest BCUT2D eigenvalue weighted by atomic mass is 9.64. The molecule has 6 heteroatoms. The fourth-order valence-electron chi connectivity index (χ4n) is 3.43. The number of ether oxygens (including phenoxy) is 3. The number of rotatable bonds is 6. The Kier molecular flexibility index (Phi) is 4.64. The van der Waals surface area contributed by atoms with Gasteiger partial charge in [-0.2, -0.15) is 0 Å². The minimum absolute atomic E-state index is 0.0419. The quantitative estimate of drug-likeness (QED) is 0.785. The number of hydrogen-bond acceptors (Lipinski definition) is 4. The first kappa shape index (κ1) is 17.0. The summed E-state index contributed by atoms with van der Waals surface area (Å²) in [6.07, 6.45) is 2.75. The van der Waals surface area contributed by atoms with Crippen LogP contribution in [0.3, 0.4) is 0 Å². The van der Waals surface area contributed by atoms with E-state index in [0.717, 1.165) is 30.6 Å². The summed E-state index contributed by atoms with van der Waals surface area (Å²) in [5, 5.41) is 3.66. The second-order valence-corrected chi connectivity index (χ2v) is 7.00. The topological polar surface area (TPSA) is 56.8 Å². The van der Waals surface area contributed by atoms with Crippen LogP contribution in [0.2, 0.25) is 5.02 Å². The Morgan fingerprint density at radius 1 is 1.15 bits per heavy atom. The van der Waals surface area contributed by atoms with Crippen LogP contribution in [0, 0.1) is 0 Å². The highest BCUT2D eigenvalue weighted by atomic mass is 35.5. The minimum atomic E-state index is -0.455. The second-order valence-electron chi connectivity index (χ2n) is 6.57. The van der Waals surface area contributed by atoms with Gasteiger partial charge in [0.05, 0.1) is 12.0 Å². The van der Waals surface area contributed by atoms with Crippen LogP contribution in [0.25, 0.3) is 0 Å². The average molecular weight is 374 g/mol. The fraction of sp³-hybridized carbons (Fsp3) is 0.350. The number of carbonyl (C=O) groups excluding carboxylic acids is 1. The van der Waals surface area contributed by atoms with Crippen LogP contribution in [0.1, 0.15) is 24.8 Å². The van der Waals surface area contributed by atoms with Crippen molar-refractivity contribution in [1.82, 2.24) is 5.32 Å². The zero-order valence-corrected chi connectivity index (χ0v) is 15.1. The molecule has 2 aliphatic rings. The van der Waals surface area contributed by atoms with E-state index in [0.29, 0.717) is 29.7 Å². The van der Waals surface area contributed by atoms with Crippen LogP contribution < -0.4 is 19.5 Å². The molecule has 2 aromatic carbocycles. The van der Waals surface area contributed by atoms with Gasteiger partial charge in [-0.1, -0.05) is 30.2 Å². The first-order valence-electron chi connectivity index (χ1n) is 8.74. The summed E-state index contributed by atoms with van der Waals surface area (Å²) in [6.45, 7) is 1.06. The summed E-state index contributed by atoms with van der Waals surface area (Å²) in [4.78, 5) is 12.8. The van der Waals surface area contributed by atoms with Crippen molar-refractivity contribution in [2.24, 2.45) is 0 Å². The third-order valence-electron chi connectivity index (χ3n) is 5.02. The SMILES string of the molecule is O=C(NCCOc1ccc2c(c1)OCO2)C1(c2cccc(Cl)c2)CCC1. The van der Waals surface area contributed by atoms with Crippen molar-refractivity contribution in [3.05, 3.63) is 53.1 Å². The average Bonchev–Trinajstić information content (AvgIpc) is 3.05. The van der Waals surface area contributed by atoms with Crippen LogP contribution in [0.5, 0.6) is 17.2 Å². The molecule has 136 valence electrons. The first-order chi connectivity index (χ1) is 12.7. The monoisotopic (exact) mass is 373 g/mol. The number of hydrogen-bond donors (Lipinski definition) is 1. The van der Waals surface area contributed by atoms with Crippen molar-refractivity contribution in [2.75, 3.05) is 19.9 Å². The summed E-state index contributed by atoms with van der Waals surface area (Å²) in [7, 11) is 0. The predicted octanol–water partition coefficient (Wildman–Crippen LogP) is 3.69. The van der Waals surface area contributed by atoms with Gasteiger partial charge in [-0.15, -0.1) is 0 Å². The minimum Gasteiger partial charge on any atom is -0.492 e. The maximum Gasteiger partial charge on any atom is 0.231 e. The Morgan fingerprint density at radius 2 is 2.00 bits per heavy atom. The van der Waals surface area contributed by atoms with Crippen LogP contribution >= 0.6 is 11.6 Å². The number of fused-ring (bicyclic) bond motifs is 1. The van der Waals surface area contributed by atoms with E-state index in [1.165, 1.54) is 0 Å². The molecule has 0 atom stereocenters. The molecule has 1 saturated carbocycles. The van der Waals surface area contributed by atoms with Gasteiger partial charge in [0.15, 0.2) is 11.5 Å². The van der Waals surface area contributed by atoms with E-state index in [-0.39, 0.29) is 12.7 Å². The molecule has 26 heavy (non-hydrogen) atoms. The number of carbonyl (C=O) groups is 1. The Balaban J connectivity index is 1.32. The molecule has 4 rings (SSSR count). The van der Waals surface area contributed by atoms with Crippen molar-refractivity contribution in [3.63, 3.8) is 0 Å². The maximum atomic E-state index is 12.8. The van der Waals surface area contributed by atoms with E-state index in [4.69, 9.17) is 25.8 Å². The lowest BCUT2D eigenvalue weighted by molar-refractivity contribution is -0.130. The number of benzene rings is 2. The van der Waals surface area contributed by atoms with E-state index in [2.05, 4.69) is 5.32 Å². The van der Waals surface area contributed by atoms with Gasteiger partial charge < -0.3 is 19.5 Å². The lowest BCUT2D eigenvalue weighted by Gasteiger charge is -2.40. The van der Waals surface area contributed by atoms with E-state index in [9.17, 15) is 4.79 Å². The summed E-state index contributed by atoms with van der Waals surface area (Å²) in [5.41, 5.74) is 0.536. The summed E-state index contributed by atoms with van der Waals surface area (Å²) < 4.78 is 16.3. The van der Waals surface area contributed by atoms with Crippen molar-refractivity contribution < 1.29 is 19.0 Å². The van der Waals surface area contributed by atoms with Crippen molar-refractivity contribution >= 4 is 17.5 Å². The van der Waals surface area contributed by atoms with Crippen molar-refractivity contribution in [1.29, 1.82) is 0 Å². The van der Waals surface area contributed by atoms with Crippen molar-refractivity contribution in [2.45, 2.75) is 24.7 Å². The molecule has 5 nitrogen and oxygen atoms in total. The molecule has 1 amide bonds. The van der Waals surface area contributed by atoms with Gasteiger partial charge in [0.2, 0.25) is 12.7 Å². The van der Waals surface area contributed by atoms with E-state index in [1.54, 1.807) is 6.07 Å². The molecule has 2 aromatic rings. The number of amides is 1. The third kappa shape index (κ3) is 3.19. The third-order valence-corrected chi connectivity index (χ3v) is 5.25. The lowest BCUT2D eigenvalue weighted by Crippen LogP contribution is -2.50. The highest BCUT2D eigenvalue weighted by Gasteiger charge is 2.45. The zero-order valence-electron chi connectivity index (χ0n) is 14.3. The van der Waals surface area contributed by atoms with Gasteiger partial charge in [0.25, 0.3) is 0 Å². The Labute approximate surface area is 157 Å². The van der Waals surface area contributed by atoms with Gasteiger partial charge in [0, 0.05) is 11.1 Å². The molecule has 0 saturated heterocycles. The van der Waals surface area contributed by atoms with E-state index >= 15 is 0 Å². The maximum absolute atomic E-state index is 12.8. The van der Waals surface area contributed by atoms with Gasteiger partial charge in [0.1, 0.15) is 12.4 Å². The molecular weight excluding hydrogens is 354 g/mol. The number of halogens is 1. The predicted molar refractivity (Wildman–Crippen MR) is 98.1 cm³/mol. The largest absolute Gasteiger partial charge is 0.492 e. The normalized spacial score (nSPS) is 16.7. The summed E-state index contributed by atoms with van der Waals surface area (Å²) >= 11 is 6.10. The molecule has 1 N–H and O–H groups in total. The Morgan fingerprint density at radius 3 is 2.77 bits per heavy atom. The van der Waals surface area contributed by atoms with Crippen LogP contribution in [0.15, 0.2) is 42.5 Å². The molecule has 1 aliphatic heterocycles. The van der Waals surface area contributed by atoms with Gasteiger partial charge in [-0.25, -0.2) is 0 Å². The first-order valence-corrected chi connectivity index (χ1v) is 9.12. The van der Waals surface area contributed by atoms with Crippen molar-refractivity contribution in [3.8, 4) is 17.2 Å². The van der Waals surface area contributed by atoms with E-state index in [1.807, 2.05) is 36.4 Å². The van der Waals surface area contributed by atoms with Gasteiger partial charge >= 0.3 is 0 Å². The molecule has 0 spiro atoms. The fourth-order valence-corrected chi connectivity index (χ4v) is 3.62. The molecule has 0 unspecified atom stereocenters. The molecule has 1 fully saturated rings. The molecule has 0 bridgehead atoms. The second kappa shape index (κ2) is 7.08. The molecule has 1 heterocycles. The van der Waals surface area contributed by atoms with Gasteiger partial charge in [-0.3, -0.25) is 4.79 Å². The highest BCUT2D eigenvalue weighted by Crippen LogP contribution is 2.44. The van der Waals surface area contributed by atoms with Crippen LogP contribution in [-0.4, -0.2) is 25.9 Å². The smallest absolute Gasteiger partial charge is 0.231 e. The standard InChI is InChI=1S/C20H20ClNO4/c21-15-4-1-3-14(11-15)20(7-2-8-20)19(23)22-9-10-24-16-5-6-17-18(12-16)26-13-25-17/h1,3-6,11-12H,2,7-10,13H2,(H,22,23). The number of nitrogens with one attached hydrogen (secondary N) is 1. The van der Waals surface area contributed by atoms with Crippen LogP contribution in [-0.2, 0) is 10.2 Å². The zero-order chi connectivity index (χ0) is 18.0. The molecular formula is C20H20ClNO4. The summed E-state index contributed by atoms with van der Waals surface area (Å²) in [5.74, 6) is 2.14. The summed E-state index contributed by atoms with van der Waals surface area (Å²) in [6, 6.07) is 13.0. The Bertz CT molecular complexity index is 819. The van der Waals surface area contributed by atoms with Crippen LogP contribution in [0.4, 0.5) is 0 Å². The van der Waals surface area contributed by atoms with Gasteiger partial charge in [-0.05, 0) is 42.7 Å².